The smallest absolute Gasteiger partial charge is 0.261 e. The monoisotopic (exact) mass is 325 g/mol. The SMILES string of the molecule is Cn1c(CN2CCOc3cccc(F)c32)nc2ccccc2c1=O. The lowest BCUT2D eigenvalue weighted by atomic mass is 10.2. The Balaban J connectivity index is 1.79. The number of benzene rings is 2. The van der Waals surface area contributed by atoms with Crippen molar-refractivity contribution in [2.24, 2.45) is 7.05 Å². The number of ether oxygens (including phenoxy) is 1. The predicted molar refractivity (Wildman–Crippen MR) is 89.9 cm³/mol. The van der Waals surface area contributed by atoms with Gasteiger partial charge in [0.1, 0.15) is 29.7 Å². The van der Waals surface area contributed by atoms with Gasteiger partial charge in [0.25, 0.3) is 5.56 Å². The summed E-state index contributed by atoms with van der Waals surface area (Å²) < 4.78 is 21.3. The van der Waals surface area contributed by atoms with Gasteiger partial charge in [-0.25, -0.2) is 9.37 Å². The minimum atomic E-state index is -0.335. The average molecular weight is 325 g/mol. The van der Waals surface area contributed by atoms with Gasteiger partial charge in [0.15, 0.2) is 0 Å². The molecule has 3 aromatic rings. The van der Waals surface area contributed by atoms with Gasteiger partial charge < -0.3 is 9.64 Å². The van der Waals surface area contributed by atoms with E-state index in [0.717, 1.165) is 0 Å². The summed E-state index contributed by atoms with van der Waals surface area (Å²) in [6.07, 6.45) is 0. The Morgan fingerprint density at radius 3 is 2.92 bits per heavy atom. The van der Waals surface area contributed by atoms with Crippen molar-refractivity contribution < 1.29 is 9.13 Å². The molecule has 5 nitrogen and oxygen atoms in total. The van der Waals surface area contributed by atoms with E-state index in [1.54, 1.807) is 25.2 Å². The highest BCUT2D eigenvalue weighted by Crippen LogP contribution is 2.34. The molecule has 6 heteroatoms. The van der Waals surface area contributed by atoms with Gasteiger partial charge >= 0.3 is 0 Å². The zero-order valence-corrected chi connectivity index (χ0v) is 13.2. The van der Waals surface area contributed by atoms with Crippen molar-refractivity contribution in [2.75, 3.05) is 18.1 Å². The van der Waals surface area contributed by atoms with E-state index in [1.807, 2.05) is 23.1 Å². The molecule has 0 radical (unpaired) electrons. The van der Waals surface area contributed by atoms with Gasteiger partial charge in [-0.2, -0.15) is 0 Å². The van der Waals surface area contributed by atoms with E-state index in [4.69, 9.17) is 4.74 Å². The largest absolute Gasteiger partial charge is 0.489 e. The number of anilines is 1. The van der Waals surface area contributed by atoms with Crippen LogP contribution in [0.4, 0.5) is 10.1 Å². The second-order valence-corrected chi connectivity index (χ2v) is 5.77. The van der Waals surface area contributed by atoms with Crippen molar-refractivity contribution in [3.63, 3.8) is 0 Å². The standard InChI is InChI=1S/C18H16FN3O2/c1-21-16(20-14-7-3-2-5-12(14)18(21)23)11-22-9-10-24-15-8-4-6-13(19)17(15)22/h2-8H,9-11H2,1H3. The van der Waals surface area contributed by atoms with Crippen LogP contribution in [0.1, 0.15) is 5.82 Å². The van der Waals surface area contributed by atoms with Crippen LogP contribution in [0.15, 0.2) is 47.3 Å². The van der Waals surface area contributed by atoms with E-state index in [1.165, 1.54) is 10.6 Å². The molecule has 0 atom stereocenters. The van der Waals surface area contributed by atoms with E-state index < -0.39 is 0 Å². The summed E-state index contributed by atoms with van der Waals surface area (Å²) in [7, 11) is 1.69. The van der Waals surface area contributed by atoms with Crippen LogP contribution in [0.25, 0.3) is 10.9 Å². The van der Waals surface area contributed by atoms with Crippen LogP contribution in [-0.2, 0) is 13.6 Å². The molecule has 2 aromatic carbocycles. The third kappa shape index (κ3) is 2.31. The number of nitrogens with zero attached hydrogens (tertiary/aromatic N) is 3. The van der Waals surface area contributed by atoms with E-state index in [-0.39, 0.29) is 11.4 Å². The molecule has 1 aromatic heterocycles. The first-order valence-electron chi connectivity index (χ1n) is 7.76. The zero-order valence-electron chi connectivity index (χ0n) is 13.2. The van der Waals surface area contributed by atoms with Crippen molar-refractivity contribution in [3.8, 4) is 5.75 Å². The molecule has 24 heavy (non-hydrogen) atoms. The van der Waals surface area contributed by atoms with Crippen LogP contribution in [0, 0.1) is 5.82 Å². The van der Waals surface area contributed by atoms with Crippen molar-refractivity contribution in [3.05, 3.63) is 64.5 Å². The van der Waals surface area contributed by atoms with Gasteiger partial charge in [-0.1, -0.05) is 18.2 Å². The maximum Gasteiger partial charge on any atom is 0.261 e. The Morgan fingerprint density at radius 1 is 1.21 bits per heavy atom. The minimum absolute atomic E-state index is 0.0994. The van der Waals surface area contributed by atoms with Crippen LogP contribution >= 0.6 is 0 Å². The first-order valence-corrected chi connectivity index (χ1v) is 7.76. The fourth-order valence-corrected chi connectivity index (χ4v) is 3.03. The Kier molecular flexibility index (Phi) is 3.45. The minimum Gasteiger partial charge on any atom is -0.489 e. The lowest BCUT2D eigenvalue weighted by Gasteiger charge is -2.31. The molecule has 122 valence electrons. The van der Waals surface area contributed by atoms with Crippen molar-refractivity contribution in [1.29, 1.82) is 0 Å². The number of fused-ring (bicyclic) bond motifs is 2. The van der Waals surface area contributed by atoms with Crippen molar-refractivity contribution in [2.45, 2.75) is 6.54 Å². The molecule has 0 amide bonds. The molecule has 0 bridgehead atoms. The molecule has 2 heterocycles. The Labute approximate surface area is 137 Å². The number of halogens is 1. The van der Waals surface area contributed by atoms with Crippen LogP contribution < -0.4 is 15.2 Å². The maximum absolute atomic E-state index is 14.2. The molecule has 0 saturated carbocycles. The van der Waals surface area contributed by atoms with Gasteiger partial charge in [-0.15, -0.1) is 0 Å². The molecule has 0 saturated heterocycles. The second-order valence-electron chi connectivity index (χ2n) is 5.77. The Bertz CT molecular complexity index is 984. The molecule has 0 unspecified atom stereocenters. The third-order valence-electron chi connectivity index (χ3n) is 4.29. The quantitative estimate of drug-likeness (QED) is 0.726. The summed E-state index contributed by atoms with van der Waals surface area (Å²) in [5, 5.41) is 0.581. The molecule has 0 N–H and O–H groups in total. The number of hydrogen-bond acceptors (Lipinski definition) is 4. The number of hydrogen-bond donors (Lipinski definition) is 0. The highest BCUT2D eigenvalue weighted by atomic mass is 19.1. The molecular weight excluding hydrogens is 309 g/mol. The van der Waals surface area contributed by atoms with Gasteiger partial charge in [-0.05, 0) is 24.3 Å². The summed E-state index contributed by atoms with van der Waals surface area (Å²) in [5.74, 6) is 0.778. The molecule has 1 aliphatic heterocycles. The summed E-state index contributed by atoms with van der Waals surface area (Å²) >= 11 is 0. The van der Waals surface area contributed by atoms with Crippen LogP contribution in [0.2, 0.25) is 0 Å². The normalized spacial score (nSPS) is 13.7. The topological polar surface area (TPSA) is 47.4 Å². The van der Waals surface area contributed by atoms with Gasteiger partial charge in [0, 0.05) is 7.05 Å². The maximum atomic E-state index is 14.2. The van der Waals surface area contributed by atoms with Gasteiger partial charge in [0.2, 0.25) is 0 Å². The first kappa shape index (κ1) is 14.7. The van der Waals surface area contributed by atoms with Crippen LogP contribution in [-0.4, -0.2) is 22.7 Å². The summed E-state index contributed by atoms with van der Waals surface area (Å²) in [4.78, 5) is 19.0. The molecule has 4 rings (SSSR count). The lowest BCUT2D eigenvalue weighted by molar-refractivity contribution is 0.302. The van der Waals surface area contributed by atoms with E-state index >= 15 is 0 Å². The van der Waals surface area contributed by atoms with Crippen molar-refractivity contribution >= 4 is 16.6 Å². The van der Waals surface area contributed by atoms with Crippen molar-refractivity contribution in [1.82, 2.24) is 9.55 Å². The zero-order chi connectivity index (χ0) is 16.7. The molecular formula is C18H16FN3O2. The summed E-state index contributed by atoms with van der Waals surface area (Å²) in [6, 6.07) is 12.0. The molecule has 0 spiro atoms. The molecule has 0 aliphatic carbocycles. The lowest BCUT2D eigenvalue weighted by Crippen LogP contribution is -2.35. The van der Waals surface area contributed by atoms with E-state index in [9.17, 15) is 9.18 Å². The Hall–Kier alpha value is -2.89. The number of aromatic nitrogens is 2. The van der Waals surface area contributed by atoms with Gasteiger partial charge in [-0.3, -0.25) is 9.36 Å². The first-order chi connectivity index (χ1) is 11.6. The molecule has 0 fully saturated rings. The number of rotatable bonds is 2. The van der Waals surface area contributed by atoms with Crippen LogP contribution in [0.3, 0.4) is 0 Å². The van der Waals surface area contributed by atoms with Gasteiger partial charge in [0.05, 0.1) is 24.0 Å². The van der Waals surface area contributed by atoms with E-state index in [0.29, 0.717) is 47.9 Å². The average Bonchev–Trinajstić information content (AvgIpc) is 2.60. The highest BCUT2D eigenvalue weighted by Gasteiger charge is 2.23. The Morgan fingerprint density at radius 2 is 2.04 bits per heavy atom. The fourth-order valence-electron chi connectivity index (χ4n) is 3.03. The summed E-state index contributed by atoms with van der Waals surface area (Å²) in [6.45, 7) is 1.35. The number of para-hydroxylation sites is 2. The van der Waals surface area contributed by atoms with Crippen LogP contribution in [0.5, 0.6) is 5.75 Å². The highest BCUT2D eigenvalue weighted by molar-refractivity contribution is 5.77. The predicted octanol–water partition coefficient (Wildman–Crippen LogP) is 2.47. The second kappa shape index (κ2) is 5.63. The molecule has 1 aliphatic rings. The van der Waals surface area contributed by atoms with E-state index in [2.05, 4.69) is 4.98 Å². The third-order valence-corrected chi connectivity index (χ3v) is 4.29. The summed E-state index contributed by atoms with van der Waals surface area (Å²) in [5.41, 5.74) is 0.974. The fraction of sp³-hybridized carbons (Fsp3) is 0.222.